The fourth-order valence-electron chi connectivity index (χ4n) is 4.38. The van der Waals surface area contributed by atoms with Crippen LogP contribution in [0.2, 0.25) is 0 Å². The van der Waals surface area contributed by atoms with Crippen LogP contribution in [0.15, 0.2) is 34.1 Å². The van der Waals surface area contributed by atoms with Gasteiger partial charge in [-0.15, -0.1) is 0 Å². The summed E-state index contributed by atoms with van der Waals surface area (Å²) in [7, 11) is -3.17. The Morgan fingerprint density at radius 1 is 1.20 bits per heavy atom. The van der Waals surface area contributed by atoms with Crippen LogP contribution in [0.4, 0.5) is 5.82 Å². The number of thiocarbonyl (C=S) groups is 1. The molecule has 4 heterocycles. The maximum absolute atomic E-state index is 13.3. The highest BCUT2D eigenvalue weighted by molar-refractivity contribution is 8.26. The van der Waals surface area contributed by atoms with Gasteiger partial charge in [0, 0.05) is 12.7 Å². The fourth-order valence-corrected chi connectivity index (χ4v) is 7.47. The number of fused-ring (bicyclic) bond motifs is 1. The zero-order valence-electron chi connectivity index (χ0n) is 19.7. The molecule has 1 unspecified atom stereocenters. The minimum absolute atomic E-state index is 0.0518. The molecule has 1 N–H and O–H groups in total. The van der Waals surface area contributed by atoms with Crippen LogP contribution in [-0.4, -0.2) is 57.0 Å². The Balaban J connectivity index is 1.59. The van der Waals surface area contributed by atoms with E-state index in [2.05, 4.69) is 17.2 Å². The van der Waals surface area contributed by atoms with Crippen molar-refractivity contribution < 1.29 is 13.2 Å². The van der Waals surface area contributed by atoms with Gasteiger partial charge in [0.2, 0.25) is 0 Å². The maximum atomic E-state index is 13.3. The zero-order valence-corrected chi connectivity index (χ0v) is 22.2. The average Bonchev–Trinajstić information content (AvgIpc) is 3.32. The predicted octanol–water partition coefficient (Wildman–Crippen LogP) is 3.86. The molecule has 1 amide bonds. The Labute approximate surface area is 215 Å². The number of hydrogen-bond acceptors (Lipinski definition) is 8. The van der Waals surface area contributed by atoms with Crippen molar-refractivity contribution in [2.45, 2.75) is 57.9 Å². The van der Waals surface area contributed by atoms with E-state index >= 15 is 0 Å². The Bertz CT molecular complexity index is 1320. The van der Waals surface area contributed by atoms with E-state index in [1.54, 1.807) is 24.4 Å². The molecule has 0 bridgehead atoms. The highest BCUT2D eigenvalue weighted by Gasteiger charge is 2.42. The minimum atomic E-state index is -3.17. The molecule has 188 valence electrons. The third-order valence-corrected chi connectivity index (χ3v) is 9.35. The molecule has 2 aromatic heterocycles. The second kappa shape index (κ2) is 11.2. The number of rotatable bonds is 10. The molecule has 0 aliphatic carbocycles. The van der Waals surface area contributed by atoms with Crippen LogP contribution in [0.5, 0.6) is 0 Å². The Morgan fingerprint density at radius 2 is 1.97 bits per heavy atom. The summed E-state index contributed by atoms with van der Waals surface area (Å²) < 4.78 is 25.6. The molecule has 2 aromatic rings. The molecule has 11 heteroatoms. The number of hydrogen-bond donors (Lipinski definition) is 1. The van der Waals surface area contributed by atoms with E-state index in [1.807, 2.05) is 6.07 Å². The van der Waals surface area contributed by atoms with Crippen molar-refractivity contribution in [1.82, 2.24) is 14.3 Å². The number of nitrogens with zero attached hydrogens (tertiary/aromatic N) is 3. The van der Waals surface area contributed by atoms with Gasteiger partial charge in [-0.1, -0.05) is 69.1 Å². The molecular weight excluding hydrogens is 504 g/mol. The van der Waals surface area contributed by atoms with Gasteiger partial charge < -0.3 is 5.32 Å². The van der Waals surface area contributed by atoms with Gasteiger partial charge in [0.25, 0.3) is 11.5 Å². The Morgan fingerprint density at radius 3 is 2.71 bits per heavy atom. The molecule has 0 saturated carbocycles. The number of carbonyl (C=O) groups excluding carboxylic acids is 1. The van der Waals surface area contributed by atoms with Crippen molar-refractivity contribution in [3.63, 3.8) is 0 Å². The number of carbonyl (C=O) groups is 1. The van der Waals surface area contributed by atoms with E-state index in [0.717, 1.165) is 24.6 Å². The second-order valence-electron chi connectivity index (χ2n) is 8.91. The van der Waals surface area contributed by atoms with Gasteiger partial charge in [-0.05, 0) is 31.1 Å². The first kappa shape index (κ1) is 25.8. The summed E-state index contributed by atoms with van der Waals surface area (Å²) in [6.07, 6.45) is 10.5. The molecule has 1 atom stereocenters. The molecule has 2 aliphatic rings. The molecule has 8 nitrogen and oxygen atoms in total. The van der Waals surface area contributed by atoms with Crippen molar-refractivity contribution in [3.05, 3.63) is 45.2 Å². The number of nitrogens with one attached hydrogen (secondary N) is 1. The molecule has 0 aromatic carbocycles. The van der Waals surface area contributed by atoms with Gasteiger partial charge in [0.1, 0.15) is 15.8 Å². The Hall–Kier alpha value is -2.24. The lowest BCUT2D eigenvalue weighted by Gasteiger charge is -2.20. The summed E-state index contributed by atoms with van der Waals surface area (Å²) in [6, 6.07) is 4.88. The molecule has 4 rings (SSSR count). The quantitative estimate of drug-likeness (QED) is 0.279. The van der Waals surface area contributed by atoms with Crippen LogP contribution in [0.3, 0.4) is 0 Å². The van der Waals surface area contributed by atoms with Crippen molar-refractivity contribution in [2.24, 2.45) is 0 Å². The average molecular weight is 535 g/mol. The van der Waals surface area contributed by atoms with Crippen LogP contribution in [0.25, 0.3) is 11.7 Å². The second-order valence-corrected chi connectivity index (χ2v) is 12.8. The molecule has 2 aliphatic heterocycles. The predicted molar refractivity (Wildman–Crippen MR) is 145 cm³/mol. The molecule has 2 saturated heterocycles. The smallest absolute Gasteiger partial charge is 0.267 e. The molecule has 2 fully saturated rings. The lowest BCUT2D eigenvalue weighted by Crippen LogP contribution is -2.39. The first-order valence-corrected chi connectivity index (χ1v) is 15.1. The van der Waals surface area contributed by atoms with Crippen LogP contribution < -0.4 is 10.9 Å². The number of sulfone groups is 1. The van der Waals surface area contributed by atoms with Crippen molar-refractivity contribution in [1.29, 1.82) is 0 Å². The van der Waals surface area contributed by atoms with Crippen LogP contribution >= 0.6 is 24.0 Å². The largest absolute Gasteiger partial charge is 0.369 e. The summed E-state index contributed by atoms with van der Waals surface area (Å²) in [6.45, 7) is 2.86. The third-order valence-electron chi connectivity index (χ3n) is 6.26. The first-order chi connectivity index (χ1) is 16.8. The molecule has 0 radical (unpaired) electrons. The summed E-state index contributed by atoms with van der Waals surface area (Å²) >= 11 is 6.51. The third kappa shape index (κ3) is 5.95. The fraction of sp³-hybridized carbons (Fsp3) is 0.500. The summed E-state index contributed by atoms with van der Waals surface area (Å²) in [5.74, 6) is 0.0405. The Kier molecular flexibility index (Phi) is 8.28. The topological polar surface area (TPSA) is 101 Å². The highest BCUT2D eigenvalue weighted by atomic mass is 32.2. The maximum Gasteiger partial charge on any atom is 0.267 e. The van der Waals surface area contributed by atoms with Gasteiger partial charge in [0.15, 0.2) is 9.84 Å². The van der Waals surface area contributed by atoms with Gasteiger partial charge >= 0.3 is 0 Å². The van der Waals surface area contributed by atoms with E-state index in [9.17, 15) is 18.0 Å². The highest BCUT2D eigenvalue weighted by Crippen LogP contribution is 2.36. The lowest BCUT2D eigenvalue weighted by atomic mass is 10.1. The van der Waals surface area contributed by atoms with Crippen molar-refractivity contribution >= 4 is 61.6 Å². The van der Waals surface area contributed by atoms with E-state index in [1.165, 1.54) is 35.0 Å². The number of aromatic nitrogens is 2. The lowest BCUT2D eigenvalue weighted by molar-refractivity contribution is -0.123. The van der Waals surface area contributed by atoms with Gasteiger partial charge in [-0.25, -0.2) is 13.4 Å². The SMILES string of the molecule is CCCCCCCCNc1nc2ccccn2c(=O)c1/C=C1\SC(=S)N(C2CCS(=O)(=O)C2)C1=O. The van der Waals surface area contributed by atoms with Crippen molar-refractivity contribution in [2.75, 3.05) is 23.4 Å². The van der Waals surface area contributed by atoms with Crippen molar-refractivity contribution in [3.8, 4) is 0 Å². The monoisotopic (exact) mass is 534 g/mol. The molecule has 35 heavy (non-hydrogen) atoms. The minimum Gasteiger partial charge on any atom is -0.369 e. The van der Waals surface area contributed by atoms with Gasteiger partial charge in [-0.3, -0.25) is 18.9 Å². The number of pyridine rings is 1. The van der Waals surface area contributed by atoms with E-state index in [4.69, 9.17) is 12.2 Å². The molecule has 0 spiro atoms. The standard InChI is InChI=1S/C24H30N4O4S3/c1-2-3-4-5-6-8-12-25-21-18(22(29)27-13-9-7-10-20(27)26-21)15-19-23(30)28(24(33)34-19)17-11-14-35(31,32)16-17/h7,9-10,13,15,17,25H,2-6,8,11-12,14,16H2,1H3/b19-15-. The van der Waals surface area contributed by atoms with E-state index in [0.29, 0.717) is 39.2 Å². The summed E-state index contributed by atoms with van der Waals surface area (Å²) in [5.41, 5.74) is 0.526. The van der Waals surface area contributed by atoms with Gasteiger partial charge in [0.05, 0.1) is 28.0 Å². The number of amides is 1. The first-order valence-electron chi connectivity index (χ1n) is 12.0. The normalized spacial score (nSPS) is 20.9. The number of unbranched alkanes of at least 4 members (excludes halogenated alkanes) is 5. The van der Waals surface area contributed by atoms with E-state index in [-0.39, 0.29) is 23.0 Å². The zero-order chi connectivity index (χ0) is 25.0. The summed E-state index contributed by atoms with van der Waals surface area (Å²) in [4.78, 5) is 32.9. The number of thioether (sulfide) groups is 1. The molecular formula is C24H30N4O4S3. The van der Waals surface area contributed by atoms with Gasteiger partial charge in [-0.2, -0.15) is 0 Å². The van der Waals surface area contributed by atoms with Crippen LogP contribution in [0.1, 0.15) is 57.4 Å². The van der Waals surface area contributed by atoms with E-state index < -0.39 is 15.9 Å². The number of anilines is 1. The van der Waals surface area contributed by atoms with Crippen LogP contribution in [0, 0.1) is 0 Å². The summed E-state index contributed by atoms with van der Waals surface area (Å²) in [5, 5.41) is 3.30. The van der Waals surface area contributed by atoms with Crippen LogP contribution in [-0.2, 0) is 14.6 Å².